The molecule has 1 saturated heterocycles. The Bertz CT molecular complexity index is 591. The Morgan fingerprint density at radius 2 is 2.19 bits per heavy atom. The fourth-order valence-electron chi connectivity index (χ4n) is 2.91. The number of hydrogen-bond acceptors (Lipinski definition) is 4. The van der Waals surface area contributed by atoms with Crippen LogP contribution in [0.4, 0.5) is 0 Å². The lowest BCUT2D eigenvalue weighted by Crippen LogP contribution is -2.30. The molecule has 0 aliphatic carbocycles. The van der Waals surface area contributed by atoms with Crippen molar-refractivity contribution in [1.29, 1.82) is 0 Å². The van der Waals surface area contributed by atoms with Crippen molar-refractivity contribution < 1.29 is 14.3 Å². The van der Waals surface area contributed by atoms with Crippen LogP contribution in [-0.4, -0.2) is 29.9 Å². The van der Waals surface area contributed by atoms with Crippen molar-refractivity contribution in [3.8, 4) is 0 Å². The molecular weight excluding hydrogens is 270 g/mol. The van der Waals surface area contributed by atoms with Gasteiger partial charge in [0.05, 0.1) is 18.3 Å². The van der Waals surface area contributed by atoms with Gasteiger partial charge in [-0.1, -0.05) is 0 Å². The molecule has 2 unspecified atom stereocenters. The maximum atomic E-state index is 12.3. The summed E-state index contributed by atoms with van der Waals surface area (Å²) >= 11 is 0. The van der Waals surface area contributed by atoms with Gasteiger partial charge in [-0.3, -0.25) is 4.79 Å². The average Bonchev–Trinajstić information content (AvgIpc) is 2.80. The zero-order valence-electron chi connectivity index (χ0n) is 13.1. The molecule has 1 aromatic heterocycles. The van der Waals surface area contributed by atoms with Crippen LogP contribution in [0.25, 0.3) is 0 Å². The van der Waals surface area contributed by atoms with Crippen LogP contribution in [0.5, 0.6) is 0 Å². The van der Waals surface area contributed by atoms with Crippen molar-refractivity contribution in [2.45, 2.75) is 46.8 Å². The van der Waals surface area contributed by atoms with Gasteiger partial charge in [-0.25, -0.2) is 4.79 Å². The van der Waals surface area contributed by atoms with Crippen LogP contribution in [0.2, 0.25) is 0 Å². The van der Waals surface area contributed by atoms with E-state index in [0.29, 0.717) is 35.9 Å². The summed E-state index contributed by atoms with van der Waals surface area (Å²) in [6.45, 7) is 9.02. The number of aryl methyl sites for hydroxylation is 1. The number of nitrogens with zero attached hydrogens (tertiary/aromatic N) is 1. The average molecular weight is 293 g/mol. The van der Waals surface area contributed by atoms with Crippen LogP contribution in [0.3, 0.4) is 0 Å². The van der Waals surface area contributed by atoms with Gasteiger partial charge < -0.3 is 14.0 Å². The van der Waals surface area contributed by atoms with Gasteiger partial charge in [0.15, 0.2) is 0 Å². The first-order valence-electron chi connectivity index (χ1n) is 7.45. The molecule has 5 nitrogen and oxygen atoms in total. The van der Waals surface area contributed by atoms with Crippen LogP contribution >= 0.6 is 0 Å². The number of carbonyl (C=O) groups is 1. The van der Waals surface area contributed by atoms with E-state index in [1.807, 2.05) is 6.92 Å². The Morgan fingerprint density at radius 1 is 1.48 bits per heavy atom. The first kappa shape index (κ1) is 15.8. The van der Waals surface area contributed by atoms with Gasteiger partial charge in [0, 0.05) is 30.8 Å². The smallest absolute Gasteiger partial charge is 0.340 e. The van der Waals surface area contributed by atoms with Crippen LogP contribution in [0, 0.1) is 19.8 Å². The van der Waals surface area contributed by atoms with E-state index in [-0.39, 0.29) is 17.6 Å². The molecule has 2 heterocycles. The zero-order valence-corrected chi connectivity index (χ0v) is 13.1. The highest BCUT2D eigenvalue weighted by Gasteiger charge is 2.26. The minimum absolute atomic E-state index is 0.0721. The summed E-state index contributed by atoms with van der Waals surface area (Å²) in [7, 11) is 0. The number of carbonyl (C=O) groups excluding carboxylic acids is 1. The molecule has 0 saturated carbocycles. The molecule has 0 amide bonds. The molecular formula is C16H23NO4. The second kappa shape index (κ2) is 6.43. The van der Waals surface area contributed by atoms with Gasteiger partial charge in [-0.2, -0.15) is 0 Å². The Hall–Kier alpha value is -1.62. The highest BCUT2D eigenvalue weighted by molar-refractivity contribution is 5.92. The third kappa shape index (κ3) is 3.18. The molecule has 2 atom stereocenters. The Labute approximate surface area is 124 Å². The standard InChI is InChI=1S/C16H23NO4/c1-5-20-16(19)15-10(2)8-14(18)17(11(15)3)9-13-6-7-21-12(13)4/h8,12-13H,5-7,9H2,1-4H3. The van der Waals surface area contributed by atoms with Gasteiger partial charge in [0.2, 0.25) is 0 Å². The van der Waals surface area contributed by atoms with E-state index >= 15 is 0 Å². The summed E-state index contributed by atoms with van der Waals surface area (Å²) in [5.74, 6) is -0.0591. The van der Waals surface area contributed by atoms with Crippen molar-refractivity contribution in [2.75, 3.05) is 13.2 Å². The molecule has 1 fully saturated rings. The first-order valence-corrected chi connectivity index (χ1v) is 7.45. The largest absolute Gasteiger partial charge is 0.462 e. The minimum Gasteiger partial charge on any atom is -0.462 e. The van der Waals surface area contributed by atoms with Crippen molar-refractivity contribution in [3.05, 3.63) is 33.2 Å². The molecule has 116 valence electrons. The number of rotatable bonds is 4. The van der Waals surface area contributed by atoms with Crippen molar-refractivity contribution >= 4 is 5.97 Å². The number of aromatic nitrogens is 1. The van der Waals surface area contributed by atoms with E-state index in [4.69, 9.17) is 9.47 Å². The molecule has 1 aromatic rings. The van der Waals surface area contributed by atoms with E-state index in [9.17, 15) is 9.59 Å². The minimum atomic E-state index is -0.364. The Balaban J connectivity index is 2.39. The molecule has 0 radical (unpaired) electrons. The highest BCUT2D eigenvalue weighted by Crippen LogP contribution is 2.23. The fourth-order valence-corrected chi connectivity index (χ4v) is 2.91. The summed E-state index contributed by atoms with van der Waals surface area (Å²) in [6.07, 6.45) is 1.08. The lowest BCUT2D eigenvalue weighted by Gasteiger charge is -2.20. The van der Waals surface area contributed by atoms with Gasteiger partial charge in [0.1, 0.15) is 0 Å². The molecule has 5 heteroatoms. The topological polar surface area (TPSA) is 57.5 Å². The summed E-state index contributed by atoms with van der Waals surface area (Å²) in [5.41, 5.74) is 1.78. The highest BCUT2D eigenvalue weighted by atomic mass is 16.5. The maximum absolute atomic E-state index is 12.3. The van der Waals surface area contributed by atoms with Gasteiger partial charge in [0.25, 0.3) is 5.56 Å². The van der Waals surface area contributed by atoms with Crippen molar-refractivity contribution in [1.82, 2.24) is 4.57 Å². The van der Waals surface area contributed by atoms with E-state index < -0.39 is 0 Å². The predicted octanol–water partition coefficient (Wildman–Crippen LogP) is 2.07. The maximum Gasteiger partial charge on any atom is 0.340 e. The van der Waals surface area contributed by atoms with E-state index in [1.165, 1.54) is 6.07 Å². The number of hydrogen-bond donors (Lipinski definition) is 0. The molecule has 21 heavy (non-hydrogen) atoms. The Morgan fingerprint density at radius 3 is 2.76 bits per heavy atom. The summed E-state index contributed by atoms with van der Waals surface area (Å²) in [4.78, 5) is 24.3. The van der Waals surface area contributed by atoms with Gasteiger partial charge in [-0.15, -0.1) is 0 Å². The van der Waals surface area contributed by atoms with Crippen LogP contribution in [-0.2, 0) is 16.0 Å². The zero-order chi connectivity index (χ0) is 15.6. The number of ether oxygens (including phenoxy) is 2. The molecule has 0 spiro atoms. The molecule has 0 aromatic carbocycles. The van der Waals surface area contributed by atoms with E-state index in [2.05, 4.69) is 0 Å². The molecule has 1 aliphatic heterocycles. The summed E-state index contributed by atoms with van der Waals surface area (Å²) in [6, 6.07) is 1.51. The summed E-state index contributed by atoms with van der Waals surface area (Å²) in [5, 5.41) is 0. The second-order valence-electron chi connectivity index (χ2n) is 5.58. The van der Waals surface area contributed by atoms with Gasteiger partial charge in [-0.05, 0) is 39.7 Å². The molecule has 0 bridgehead atoms. The van der Waals surface area contributed by atoms with E-state index in [1.54, 1.807) is 25.3 Å². The number of esters is 1. The van der Waals surface area contributed by atoms with Crippen molar-refractivity contribution in [2.24, 2.45) is 5.92 Å². The predicted molar refractivity (Wildman–Crippen MR) is 79.7 cm³/mol. The van der Waals surface area contributed by atoms with Crippen molar-refractivity contribution in [3.63, 3.8) is 0 Å². The van der Waals surface area contributed by atoms with Crippen LogP contribution in [0.1, 0.15) is 41.9 Å². The molecule has 1 aliphatic rings. The SMILES string of the molecule is CCOC(=O)c1c(C)cc(=O)n(CC2CCOC2C)c1C. The first-order chi connectivity index (χ1) is 9.95. The summed E-state index contributed by atoms with van der Waals surface area (Å²) < 4.78 is 12.3. The normalized spacial score (nSPS) is 21.5. The third-order valence-corrected chi connectivity index (χ3v) is 4.20. The fraction of sp³-hybridized carbons (Fsp3) is 0.625. The molecule has 2 rings (SSSR count). The van der Waals surface area contributed by atoms with Crippen LogP contribution < -0.4 is 5.56 Å². The van der Waals surface area contributed by atoms with Crippen LogP contribution in [0.15, 0.2) is 10.9 Å². The second-order valence-corrected chi connectivity index (χ2v) is 5.58. The lowest BCUT2D eigenvalue weighted by molar-refractivity contribution is 0.0523. The Kier molecular flexibility index (Phi) is 4.83. The van der Waals surface area contributed by atoms with E-state index in [0.717, 1.165) is 13.0 Å². The monoisotopic (exact) mass is 293 g/mol. The third-order valence-electron chi connectivity index (χ3n) is 4.20. The van der Waals surface area contributed by atoms with Gasteiger partial charge >= 0.3 is 5.97 Å². The quantitative estimate of drug-likeness (QED) is 0.797. The molecule has 0 N–H and O–H groups in total. The lowest BCUT2D eigenvalue weighted by atomic mass is 10.0. The number of pyridine rings is 1.